The summed E-state index contributed by atoms with van der Waals surface area (Å²) in [5.74, 6) is 0. The zero-order valence-corrected chi connectivity index (χ0v) is 12.8. The van der Waals surface area contributed by atoms with E-state index in [0.717, 1.165) is 32.6 Å². The molecule has 0 spiro atoms. The van der Waals surface area contributed by atoms with Crippen LogP contribution in [0.4, 0.5) is 0 Å². The first-order valence-electron chi connectivity index (χ1n) is 7.14. The largest absolute Gasteiger partial charge is 0.375 e. The lowest BCUT2D eigenvalue weighted by Crippen LogP contribution is -2.38. The van der Waals surface area contributed by atoms with Crippen LogP contribution in [-0.2, 0) is 0 Å². The fourth-order valence-corrected chi connectivity index (χ4v) is 1.99. The van der Waals surface area contributed by atoms with Crippen LogP contribution < -0.4 is 5.32 Å². The van der Waals surface area contributed by atoms with Crippen molar-refractivity contribution >= 4 is 6.21 Å². The Kier molecular flexibility index (Phi) is 7.26. The van der Waals surface area contributed by atoms with Gasteiger partial charge in [0.1, 0.15) is 0 Å². The Morgan fingerprint density at radius 1 is 1.47 bits per heavy atom. The second-order valence-corrected chi connectivity index (χ2v) is 5.05. The molecule has 4 heteroatoms. The van der Waals surface area contributed by atoms with Crippen molar-refractivity contribution in [3.8, 4) is 0 Å². The molecule has 0 aliphatic carbocycles. The van der Waals surface area contributed by atoms with E-state index in [0.29, 0.717) is 6.67 Å². The average Bonchev–Trinajstić information content (AvgIpc) is 2.38. The van der Waals surface area contributed by atoms with Crippen molar-refractivity contribution in [2.75, 3.05) is 39.9 Å². The minimum absolute atomic E-state index is 0.700. The molecule has 4 nitrogen and oxygen atoms in total. The summed E-state index contributed by atoms with van der Waals surface area (Å²) in [7, 11) is 2.14. The smallest absolute Gasteiger partial charge is 0.0885 e. The zero-order valence-electron chi connectivity index (χ0n) is 12.8. The third kappa shape index (κ3) is 6.43. The van der Waals surface area contributed by atoms with Crippen molar-refractivity contribution in [1.29, 1.82) is 0 Å². The minimum Gasteiger partial charge on any atom is -0.375 e. The summed E-state index contributed by atoms with van der Waals surface area (Å²) in [5.41, 5.74) is 2.58. The number of nitrogens with zero attached hydrogens (tertiary/aromatic N) is 3. The molecule has 0 saturated heterocycles. The number of likely N-dealkylation sites (N-methyl/N-ethyl adjacent to an activating group) is 1. The van der Waals surface area contributed by atoms with Gasteiger partial charge in [-0.2, -0.15) is 0 Å². The highest BCUT2D eigenvalue weighted by atomic mass is 15.2. The molecule has 0 atom stereocenters. The molecule has 0 unspecified atom stereocenters. The molecule has 0 fully saturated rings. The highest BCUT2D eigenvalue weighted by Gasteiger charge is 2.10. The highest BCUT2D eigenvalue weighted by molar-refractivity contribution is 5.77. The van der Waals surface area contributed by atoms with Crippen LogP contribution in [0.15, 0.2) is 28.5 Å². The molecule has 1 heterocycles. The SMILES string of the molecule is CC/C=C(/C)C=NCNCCN1C=C(C)N(C)CC1. The molecule has 1 rings (SSSR count). The third-order valence-electron chi connectivity index (χ3n) is 3.29. The monoisotopic (exact) mass is 264 g/mol. The fourth-order valence-electron chi connectivity index (χ4n) is 1.99. The summed E-state index contributed by atoms with van der Waals surface area (Å²) in [6.07, 6.45) is 7.43. The second-order valence-electron chi connectivity index (χ2n) is 5.05. The minimum atomic E-state index is 0.700. The number of allylic oxidation sites excluding steroid dienone is 3. The lowest BCUT2D eigenvalue weighted by Gasteiger charge is -2.32. The summed E-state index contributed by atoms with van der Waals surface area (Å²) in [6.45, 7) is 11.3. The Labute approximate surface area is 117 Å². The summed E-state index contributed by atoms with van der Waals surface area (Å²) in [5, 5.41) is 3.35. The molecule has 0 bridgehead atoms. The van der Waals surface area contributed by atoms with E-state index < -0.39 is 0 Å². The number of aliphatic imine (C=N–C) groups is 1. The van der Waals surface area contributed by atoms with Gasteiger partial charge in [-0.1, -0.05) is 13.0 Å². The van der Waals surface area contributed by atoms with Gasteiger partial charge in [0.15, 0.2) is 0 Å². The summed E-state index contributed by atoms with van der Waals surface area (Å²) >= 11 is 0. The predicted octanol–water partition coefficient (Wildman–Crippen LogP) is 2.07. The molecule has 0 aromatic carbocycles. The summed E-state index contributed by atoms with van der Waals surface area (Å²) < 4.78 is 0. The molecule has 0 aromatic rings. The molecule has 1 N–H and O–H groups in total. The van der Waals surface area contributed by atoms with E-state index in [1.54, 1.807) is 0 Å². The van der Waals surface area contributed by atoms with Crippen LogP contribution in [-0.4, -0.2) is 55.9 Å². The Morgan fingerprint density at radius 2 is 2.26 bits per heavy atom. The highest BCUT2D eigenvalue weighted by Crippen LogP contribution is 2.08. The quantitative estimate of drug-likeness (QED) is 0.564. The van der Waals surface area contributed by atoms with Gasteiger partial charge in [0, 0.05) is 51.3 Å². The number of rotatable bonds is 7. The first kappa shape index (κ1) is 15.8. The topological polar surface area (TPSA) is 30.9 Å². The average molecular weight is 264 g/mol. The molecular weight excluding hydrogens is 236 g/mol. The Balaban J connectivity index is 2.13. The Hall–Kier alpha value is -1.29. The van der Waals surface area contributed by atoms with Gasteiger partial charge in [-0.05, 0) is 25.8 Å². The normalized spacial score (nSPS) is 17.3. The molecule has 1 aliphatic rings. The van der Waals surface area contributed by atoms with E-state index >= 15 is 0 Å². The lowest BCUT2D eigenvalue weighted by molar-refractivity contribution is 0.269. The van der Waals surface area contributed by atoms with Crippen LogP contribution in [0, 0.1) is 0 Å². The van der Waals surface area contributed by atoms with Crippen LogP contribution in [0.25, 0.3) is 0 Å². The van der Waals surface area contributed by atoms with Crippen LogP contribution in [0.1, 0.15) is 27.2 Å². The summed E-state index contributed by atoms with van der Waals surface area (Å²) in [6, 6.07) is 0. The van der Waals surface area contributed by atoms with Crippen molar-refractivity contribution in [3.63, 3.8) is 0 Å². The lowest BCUT2D eigenvalue weighted by atomic mass is 10.3. The van der Waals surface area contributed by atoms with Crippen molar-refractivity contribution in [2.24, 2.45) is 4.99 Å². The maximum Gasteiger partial charge on any atom is 0.0885 e. The molecule has 19 heavy (non-hydrogen) atoms. The van der Waals surface area contributed by atoms with Crippen molar-refractivity contribution < 1.29 is 0 Å². The standard InChI is InChI=1S/C15H28N4/c1-5-6-14(2)11-17-13-16-7-8-19-10-9-18(4)15(3)12-19/h6,11-12,16H,5,7-10,13H2,1-4H3/b14-6-,17-11?. The van der Waals surface area contributed by atoms with Gasteiger partial charge in [0.25, 0.3) is 0 Å². The maximum absolute atomic E-state index is 4.35. The Morgan fingerprint density at radius 3 is 2.95 bits per heavy atom. The van der Waals surface area contributed by atoms with Crippen LogP contribution in [0.5, 0.6) is 0 Å². The van der Waals surface area contributed by atoms with Crippen molar-refractivity contribution in [2.45, 2.75) is 27.2 Å². The van der Waals surface area contributed by atoms with Gasteiger partial charge in [-0.15, -0.1) is 0 Å². The van der Waals surface area contributed by atoms with Crippen molar-refractivity contribution in [3.05, 3.63) is 23.5 Å². The number of nitrogens with one attached hydrogen (secondary N) is 1. The van der Waals surface area contributed by atoms with E-state index in [4.69, 9.17) is 0 Å². The predicted molar refractivity (Wildman–Crippen MR) is 83.4 cm³/mol. The maximum atomic E-state index is 4.35. The van der Waals surface area contributed by atoms with Crippen LogP contribution in [0.2, 0.25) is 0 Å². The molecular formula is C15H28N4. The molecule has 0 radical (unpaired) electrons. The van der Waals surface area contributed by atoms with Crippen LogP contribution in [0.3, 0.4) is 0 Å². The van der Waals surface area contributed by atoms with Crippen LogP contribution >= 0.6 is 0 Å². The zero-order chi connectivity index (χ0) is 14.1. The number of hydrogen-bond donors (Lipinski definition) is 1. The van der Waals surface area contributed by atoms with Gasteiger partial charge in [-0.25, -0.2) is 0 Å². The van der Waals surface area contributed by atoms with E-state index in [9.17, 15) is 0 Å². The summed E-state index contributed by atoms with van der Waals surface area (Å²) in [4.78, 5) is 9.01. The van der Waals surface area contributed by atoms with Gasteiger partial charge in [-0.3, -0.25) is 10.3 Å². The van der Waals surface area contributed by atoms with Crippen molar-refractivity contribution in [1.82, 2.24) is 15.1 Å². The van der Waals surface area contributed by atoms with E-state index in [1.807, 2.05) is 6.21 Å². The second kappa shape index (κ2) is 8.75. The van der Waals surface area contributed by atoms with Gasteiger partial charge >= 0.3 is 0 Å². The van der Waals surface area contributed by atoms with Gasteiger partial charge in [0.05, 0.1) is 6.67 Å². The number of hydrogen-bond acceptors (Lipinski definition) is 4. The third-order valence-corrected chi connectivity index (χ3v) is 3.29. The molecule has 108 valence electrons. The molecule has 0 aromatic heterocycles. The molecule has 0 saturated carbocycles. The first-order chi connectivity index (χ1) is 9.13. The van der Waals surface area contributed by atoms with Gasteiger partial charge < -0.3 is 9.80 Å². The van der Waals surface area contributed by atoms with Gasteiger partial charge in [0.2, 0.25) is 0 Å². The molecule has 1 aliphatic heterocycles. The van der Waals surface area contributed by atoms with E-state index in [2.05, 4.69) is 60.2 Å². The first-order valence-corrected chi connectivity index (χ1v) is 7.14. The van der Waals surface area contributed by atoms with E-state index in [-0.39, 0.29) is 0 Å². The Bertz CT molecular complexity index is 344. The molecule has 0 amide bonds. The fraction of sp³-hybridized carbons (Fsp3) is 0.667. The van der Waals surface area contributed by atoms with E-state index in [1.165, 1.54) is 11.3 Å².